The highest BCUT2D eigenvalue weighted by atomic mass is 32.2. The lowest BCUT2D eigenvalue weighted by Gasteiger charge is -2.12. The molecule has 0 fully saturated rings. The number of hydrogen-bond acceptors (Lipinski definition) is 1. The van der Waals surface area contributed by atoms with E-state index in [4.69, 9.17) is 0 Å². The van der Waals surface area contributed by atoms with E-state index in [1.54, 1.807) is 0 Å². The second kappa shape index (κ2) is 5.30. The largest absolute Gasteiger partial charge is 0.611 e. The van der Waals surface area contributed by atoms with Gasteiger partial charge in [-0.1, -0.05) is 25.1 Å². The SMILES string of the molecule is [CH2]Cc1ccccc1[S+]([O-])CCC. The molecule has 0 aliphatic carbocycles. The molecule has 2 heteroatoms. The molecule has 1 atom stereocenters. The van der Waals surface area contributed by atoms with Crippen molar-refractivity contribution in [1.29, 1.82) is 0 Å². The van der Waals surface area contributed by atoms with E-state index in [1.165, 1.54) is 0 Å². The number of hydrogen-bond donors (Lipinski definition) is 0. The second-order valence-corrected chi connectivity index (χ2v) is 4.45. The van der Waals surface area contributed by atoms with E-state index in [2.05, 4.69) is 6.92 Å². The molecule has 0 aliphatic heterocycles. The number of benzene rings is 1. The fourth-order valence-corrected chi connectivity index (χ4v) is 2.51. The average molecular weight is 195 g/mol. The summed E-state index contributed by atoms with van der Waals surface area (Å²) in [6.45, 7) is 5.87. The van der Waals surface area contributed by atoms with Crippen LogP contribution < -0.4 is 0 Å². The summed E-state index contributed by atoms with van der Waals surface area (Å²) in [5, 5.41) is 0. The van der Waals surface area contributed by atoms with E-state index >= 15 is 0 Å². The molecule has 71 valence electrons. The monoisotopic (exact) mass is 195 g/mol. The van der Waals surface area contributed by atoms with Gasteiger partial charge in [-0.05, 0) is 37.0 Å². The zero-order valence-corrected chi connectivity index (χ0v) is 8.77. The standard InChI is InChI=1S/C11H15OS/c1-3-9-13(12)11-8-6-5-7-10(11)4-2/h5-8H,2-4,9H2,1H3. The molecular formula is C11H15OS. The predicted molar refractivity (Wildman–Crippen MR) is 57.1 cm³/mol. The average Bonchev–Trinajstić information content (AvgIpc) is 2.18. The lowest BCUT2D eigenvalue weighted by molar-refractivity contribution is 0.593. The van der Waals surface area contributed by atoms with Crippen molar-refractivity contribution in [2.24, 2.45) is 0 Å². The lowest BCUT2D eigenvalue weighted by atomic mass is 10.2. The Kier molecular flexibility index (Phi) is 4.33. The summed E-state index contributed by atoms with van der Waals surface area (Å²) >= 11 is -0.835. The Bertz CT molecular complexity index is 260. The third-order valence-corrected chi connectivity index (χ3v) is 3.54. The maximum atomic E-state index is 11.7. The summed E-state index contributed by atoms with van der Waals surface area (Å²) < 4.78 is 11.7. The van der Waals surface area contributed by atoms with Gasteiger partial charge in [0.15, 0.2) is 4.90 Å². The van der Waals surface area contributed by atoms with Crippen LogP contribution >= 0.6 is 0 Å². The van der Waals surface area contributed by atoms with Gasteiger partial charge in [0.25, 0.3) is 0 Å². The van der Waals surface area contributed by atoms with Crippen LogP contribution in [0, 0.1) is 6.92 Å². The van der Waals surface area contributed by atoms with Gasteiger partial charge in [-0.25, -0.2) is 0 Å². The normalized spacial score (nSPS) is 12.8. The van der Waals surface area contributed by atoms with Gasteiger partial charge < -0.3 is 4.55 Å². The molecule has 0 saturated carbocycles. The summed E-state index contributed by atoms with van der Waals surface area (Å²) in [6, 6.07) is 7.83. The molecule has 1 aromatic carbocycles. The van der Waals surface area contributed by atoms with Crippen LogP contribution in [0.3, 0.4) is 0 Å². The van der Waals surface area contributed by atoms with Crippen molar-refractivity contribution in [3.05, 3.63) is 36.8 Å². The predicted octanol–water partition coefficient (Wildman–Crippen LogP) is 2.58. The third-order valence-electron chi connectivity index (χ3n) is 1.88. The van der Waals surface area contributed by atoms with Crippen LogP contribution in [0.2, 0.25) is 0 Å². The van der Waals surface area contributed by atoms with Crippen molar-refractivity contribution >= 4 is 11.2 Å². The second-order valence-electron chi connectivity index (χ2n) is 2.91. The molecule has 0 heterocycles. The third kappa shape index (κ3) is 2.75. The molecule has 0 spiro atoms. The Morgan fingerprint density at radius 2 is 2.08 bits per heavy atom. The zero-order valence-electron chi connectivity index (χ0n) is 7.95. The highest BCUT2D eigenvalue weighted by Gasteiger charge is 2.12. The van der Waals surface area contributed by atoms with Crippen LogP contribution in [-0.4, -0.2) is 10.3 Å². The minimum atomic E-state index is -0.835. The van der Waals surface area contributed by atoms with Crippen LogP contribution in [0.4, 0.5) is 0 Å². The number of rotatable bonds is 4. The van der Waals surface area contributed by atoms with Gasteiger partial charge in [-0.15, -0.1) is 0 Å². The van der Waals surface area contributed by atoms with Crippen molar-refractivity contribution in [2.75, 3.05) is 5.75 Å². The zero-order chi connectivity index (χ0) is 9.68. The van der Waals surface area contributed by atoms with Crippen molar-refractivity contribution in [3.8, 4) is 0 Å². The first kappa shape index (κ1) is 10.6. The van der Waals surface area contributed by atoms with Gasteiger partial charge >= 0.3 is 0 Å². The van der Waals surface area contributed by atoms with Crippen LogP contribution in [0.15, 0.2) is 29.2 Å². The molecule has 1 radical (unpaired) electrons. The van der Waals surface area contributed by atoms with E-state index in [0.717, 1.165) is 22.6 Å². The summed E-state index contributed by atoms with van der Waals surface area (Å²) in [5.74, 6) is 0.747. The molecule has 13 heavy (non-hydrogen) atoms. The van der Waals surface area contributed by atoms with Gasteiger partial charge in [0, 0.05) is 5.56 Å². The van der Waals surface area contributed by atoms with Crippen molar-refractivity contribution in [2.45, 2.75) is 24.7 Å². The molecule has 0 saturated heterocycles. The van der Waals surface area contributed by atoms with Crippen LogP contribution in [0.25, 0.3) is 0 Å². The quantitative estimate of drug-likeness (QED) is 0.677. The summed E-state index contributed by atoms with van der Waals surface area (Å²) in [4.78, 5) is 0.958. The Labute approximate surface area is 83.4 Å². The Hall–Kier alpha value is -0.470. The smallest absolute Gasteiger partial charge is 0.155 e. The fourth-order valence-electron chi connectivity index (χ4n) is 1.23. The Balaban J connectivity index is 2.85. The van der Waals surface area contributed by atoms with Gasteiger partial charge in [-0.3, -0.25) is 0 Å². The van der Waals surface area contributed by atoms with Gasteiger partial charge in [0.05, 0.1) is 0 Å². The highest BCUT2D eigenvalue weighted by molar-refractivity contribution is 7.91. The summed E-state index contributed by atoms with van der Waals surface area (Å²) in [7, 11) is 0. The first-order chi connectivity index (χ1) is 6.29. The minimum Gasteiger partial charge on any atom is -0.611 e. The molecule has 0 aromatic heterocycles. The summed E-state index contributed by atoms with van der Waals surface area (Å²) in [5.41, 5.74) is 1.11. The van der Waals surface area contributed by atoms with Gasteiger partial charge in [0.1, 0.15) is 5.75 Å². The van der Waals surface area contributed by atoms with E-state index in [9.17, 15) is 4.55 Å². The molecule has 0 bridgehead atoms. The maximum Gasteiger partial charge on any atom is 0.155 e. The van der Waals surface area contributed by atoms with E-state index in [-0.39, 0.29) is 0 Å². The molecule has 0 N–H and O–H groups in total. The molecule has 1 nitrogen and oxygen atoms in total. The molecule has 0 aliphatic rings. The molecule has 1 unspecified atom stereocenters. The van der Waals surface area contributed by atoms with Gasteiger partial charge in [-0.2, -0.15) is 0 Å². The fraction of sp³-hybridized carbons (Fsp3) is 0.364. The van der Waals surface area contributed by atoms with E-state index < -0.39 is 11.2 Å². The van der Waals surface area contributed by atoms with Crippen molar-refractivity contribution in [3.63, 3.8) is 0 Å². The Morgan fingerprint density at radius 3 is 2.69 bits per heavy atom. The molecule has 1 rings (SSSR count). The molecular weight excluding hydrogens is 180 g/mol. The topological polar surface area (TPSA) is 23.1 Å². The lowest BCUT2D eigenvalue weighted by Crippen LogP contribution is -2.08. The first-order valence-electron chi connectivity index (χ1n) is 4.55. The first-order valence-corrected chi connectivity index (χ1v) is 5.87. The van der Waals surface area contributed by atoms with Gasteiger partial charge in [0.2, 0.25) is 0 Å². The van der Waals surface area contributed by atoms with Crippen LogP contribution in [0.5, 0.6) is 0 Å². The van der Waals surface area contributed by atoms with Crippen LogP contribution in [-0.2, 0) is 17.6 Å². The van der Waals surface area contributed by atoms with E-state index in [1.807, 2.05) is 31.2 Å². The Morgan fingerprint density at radius 1 is 1.38 bits per heavy atom. The maximum absolute atomic E-state index is 11.7. The highest BCUT2D eigenvalue weighted by Crippen LogP contribution is 2.17. The van der Waals surface area contributed by atoms with Crippen LogP contribution in [0.1, 0.15) is 18.9 Å². The van der Waals surface area contributed by atoms with Crippen molar-refractivity contribution in [1.82, 2.24) is 0 Å². The summed E-state index contributed by atoms with van der Waals surface area (Å²) in [6.07, 6.45) is 1.67. The molecule has 0 amide bonds. The minimum absolute atomic E-state index is 0.714. The molecule has 1 aromatic rings. The van der Waals surface area contributed by atoms with Crippen molar-refractivity contribution < 1.29 is 4.55 Å². The van der Waals surface area contributed by atoms with E-state index in [0.29, 0.717) is 6.42 Å².